The van der Waals surface area contributed by atoms with Crippen molar-refractivity contribution in [3.8, 4) is 18.2 Å². The predicted octanol–water partition coefficient (Wildman–Crippen LogP) is 4.85. The third-order valence-electron chi connectivity index (χ3n) is 2.99. The van der Waals surface area contributed by atoms with Gasteiger partial charge in [-0.05, 0) is 55.5 Å². The van der Waals surface area contributed by atoms with Crippen LogP contribution >= 0.6 is 31.9 Å². The van der Waals surface area contributed by atoms with Gasteiger partial charge < -0.3 is 15.5 Å². The van der Waals surface area contributed by atoms with Crippen LogP contribution in [0.15, 0.2) is 39.4 Å². The second kappa shape index (κ2) is 9.04. The van der Waals surface area contributed by atoms with Crippen molar-refractivity contribution in [3.05, 3.63) is 39.4 Å². The van der Waals surface area contributed by atoms with E-state index in [1.54, 1.807) is 17.3 Å². The zero-order valence-corrected chi connectivity index (χ0v) is 17.5. The Balaban J connectivity index is 0.00000151. The zero-order chi connectivity index (χ0) is 19.2. The number of hydrogen-bond acceptors (Lipinski definition) is 6. The second-order valence-electron chi connectivity index (χ2n) is 6.42. The molecule has 1 aromatic heterocycles. The topological polar surface area (TPSA) is 101 Å². The lowest BCUT2D eigenvalue weighted by molar-refractivity contribution is 0.412. The van der Waals surface area contributed by atoms with Crippen molar-refractivity contribution in [1.82, 2.24) is 4.98 Å². The summed E-state index contributed by atoms with van der Waals surface area (Å²) >= 11 is 6.82. The maximum absolute atomic E-state index is 6.50. The number of nitrogen functional groups attached to an aromatic ring is 1. The number of ether oxygens (including phenoxy) is 1. The van der Waals surface area contributed by atoms with Gasteiger partial charge in [-0.1, -0.05) is 20.8 Å². The third-order valence-corrected chi connectivity index (χ3v) is 4.28. The van der Waals surface area contributed by atoms with Crippen LogP contribution in [-0.2, 0) is 0 Å². The van der Waals surface area contributed by atoms with Crippen LogP contribution < -0.4 is 21.3 Å². The first-order valence-electron chi connectivity index (χ1n) is 7.33. The Morgan fingerprint density at radius 3 is 2.36 bits per heavy atom. The van der Waals surface area contributed by atoms with Gasteiger partial charge in [-0.25, -0.2) is 16.1 Å². The predicted molar refractivity (Wildman–Crippen MR) is 108 cm³/mol. The van der Waals surface area contributed by atoms with Crippen molar-refractivity contribution in [2.24, 2.45) is 11.3 Å². The first kappa shape index (κ1) is 21.2. The lowest BCUT2D eigenvalue weighted by Gasteiger charge is -2.29. The summed E-state index contributed by atoms with van der Waals surface area (Å²) in [6.07, 6.45) is 1.67. The highest BCUT2D eigenvalue weighted by molar-refractivity contribution is 9.11. The molecule has 0 amide bonds. The fourth-order valence-electron chi connectivity index (χ4n) is 2.02. The van der Waals surface area contributed by atoms with Crippen molar-refractivity contribution in [2.45, 2.75) is 20.8 Å². The molecule has 0 fully saturated rings. The van der Waals surface area contributed by atoms with Gasteiger partial charge in [0.1, 0.15) is 5.75 Å². The van der Waals surface area contributed by atoms with Crippen LogP contribution in [0.5, 0.6) is 11.6 Å². The molecule has 0 saturated carbocycles. The van der Waals surface area contributed by atoms with Crippen LogP contribution in [-0.4, -0.2) is 11.5 Å². The average molecular weight is 471 g/mol. The quantitative estimate of drug-likeness (QED) is 0.376. The Morgan fingerprint density at radius 1 is 1.20 bits per heavy atom. The van der Waals surface area contributed by atoms with Crippen LogP contribution in [0, 0.1) is 17.2 Å². The van der Waals surface area contributed by atoms with Crippen LogP contribution in [0.1, 0.15) is 20.8 Å². The summed E-state index contributed by atoms with van der Waals surface area (Å²) in [6, 6.07) is 7.30. The van der Waals surface area contributed by atoms with Crippen molar-refractivity contribution < 1.29 is 4.74 Å². The van der Waals surface area contributed by atoms with E-state index in [2.05, 4.69) is 64.2 Å². The molecule has 134 valence electrons. The van der Waals surface area contributed by atoms with Crippen LogP contribution in [0.25, 0.3) is 0 Å². The number of pyridine rings is 1. The van der Waals surface area contributed by atoms with Crippen molar-refractivity contribution >= 4 is 43.2 Å². The summed E-state index contributed by atoms with van der Waals surface area (Å²) in [7, 11) is 0. The normalized spacial score (nSPS) is 10.6. The van der Waals surface area contributed by atoms with Gasteiger partial charge in [0.25, 0.3) is 0 Å². The molecule has 0 atom stereocenters. The number of hydrogen-bond donors (Lipinski definition) is 2. The Kier molecular flexibility index (Phi) is 7.67. The number of nitrogens with two attached hydrogens (primary N) is 2. The van der Waals surface area contributed by atoms with Gasteiger partial charge in [-0.2, -0.15) is 0 Å². The lowest BCUT2D eigenvalue weighted by Crippen LogP contribution is -2.38. The molecular weight excluding hydrogens is 450 g/mol. The number of nitriles is 1. The summed E-state index contributed by atoms with van der Waals surface area (Å²) in [5.41, 5.74) is 7.55. The van der Waals surface area contributed by atoms with E-state index < -0.39 is 0 Å². The minimum atomic E-state index is 0.0597. The summed E-state index contributed by atoms with van der Waals surface area (Å²) in [6.45, 7) is 10.5. The molecule has 0 radical (unpaired) electrons. The van der Waals surface area contributed by atoms with E-state index in [0.717, 1.165) is 10.2 Å². The Hall–Kier alpha value is -1.82. The summed E-state index contributed by atoms with van der Waals surface area (Å²) in [5, 5.41) is 8.15. The van der Waals surface area contributed by atoms with Gasteiger partial charge in [0.2, 0.25) is 5.88 Å². The van der Waals surface area contributed by atoms with E-state index in [4.69, 9.17) is 21.6 Å². The van der Waals surface area contributed by atoms with Gasteiger partial charge in [0.05, 0.1) is 15.8 Å². The average Bonchev–Trinajstić information content (AvgIpc) is 2.54. The highest BCUT2D eigenvalue weighted by Crippen LogP contribution is 2.39. The van der Waals surface area contributed by atoms with E-state index in [1.165, 1.54) is 0 Å². The van der Waals surface area contributed by atoms with Gasteiger partial charge >= 0.3 is 0 Å². The number of nitrogens with zero attached hydrogens (tertiary/aromatic N) is 3. The Bertz CT molecular complexity index is 726. The number of rotatable bonds is 4. The van der Waals surface area contributed by atoms with E-state index in [-0.39, 0.29) is 5.41 Å². The van der Waals surface area contributed by atoms with E-state index in [0.29, 0.717) is 28.3 Å². The van der Waals surface area contributed by atoms with Gasteiger partial charge in [0.15, 0.2) is 0 Å². The third kappa shape index (κ3) is 6.20. The molecule has 6 nitrogen and oxygen atoms in total. The smallest absolute Gasteiger partial charge is 0.219 e. The van der Waals surface area contributed by atoms with Crippen molar-refractivity contribution in [1.29, 1.82) is 5.26 Å². The minimum absolute atomic E-state index is 0.0597. The van der Waals surface area contributed by atoms with Crippen LogP contribution in [0.3, 0.4) is 0 Å². The van der Waals surface area contributed by atoms with Gasteiger partial charge in [-0.3, -0.25) is 0 Å². The Morgan fingerprint density at radius 2 is 1.84 bits per heavy atom. The molecule has 0 saturated heterocycles. The molecule has 2 rings (SSSR count). The number of benzene rings is 1. The molecule has 1 aromatic carbocycles. The monoisotopic (exact) mass is 469 g/mol. The molecular formula is C17H21Br2N5O. The minimum Gasteiger partial charge on any atom is -0.438 e. The number of aromatic nitrogens is 1. The summed E-state index contributed by atoms with van der Waals surface area (Å²) in [4.78, 5) is 4.18. The fourth-order valence-corrected chi connectivity index (χ4v) is 2.67. The molecule has 2 aromatic rings. The first-order valence-corrected chi connectivity index (χ1v) is 8.91. The number of anilines is 2. The van der Waals surface area contributed by atoms with E-state index in [1.807, 2.05) is 18.2 Å². The standard InChI is InChI=1S/C16H20Br2N4O.CHN/c1-16(2,3)9-22(20)11-5-6-12(14(18)15(11)19)23-13-7-4-10(17)8-21-13;1-2/h4-8H,9,19-20H2,1-3H3;1H. The highest BCUT2D eigenvalue weighted by atomic mass is 79.9. The molecule has 1 heterocycles. The van der Waals surface area contributed by atoms with Crippen molar-refractivity contribution in [3.63, 3.8) is 0 Å². The lowest BCUT2D eigenvalue weighted by atomic mass is 9.96. The maximum Gasteiger partial charge on any atom is 0.219 e. The van der Waals surface area contributed by atoms with Crippen LogP contribution in [0.2, 0.25) is 0 Å². The second-order valence-corrected chi connectivity index (χ2v) is 8.12. The SMILES string of the molecule is C#N.CC(C)(C)CN(N)c1ccc(Oc2ccc(Br)cn2)c(Br)c1N. The highest BCUT2D eigenvalue weighted by Gasteiger charge is 2.19. The number of hydrazine groups is 1. The molecule has 0 aliphatic rings. The molecule has 0 bridgehead atoms. The molecule has 0 spiro atoms. The number of halogens is 2. The Labute approximate surface area is 165 Å². The maximum atomic E-state index is 6.50. The summed E-state index contributed by atoms with van der Waals surface area (Å²) < 4.78 is 7.31. The van der Waals surface area contributed by atoms with E-state index in [9.17, 15) is 0 Å². The van der Waals surface area contributed by atoms with Gasteiger partial charge in [0, 0.05) is 29.9 Å². The van der Waals surface area contributed by atoms with Crippen molar-refractivity contribution in [2.75, 3.05) is 17.3 Å². The molecule has 0 aliphatic heterocycles. The molecule has 4 N–H and O–H groups in total. The molecule has 25 heavy (non-hydrogen) atoms. The molecule has 0 aliphatic carbocycles. The van der Waals surface area contributed by atoms with E-state index >= 15 is 0 Å². The summed E-state index contributed by atoms with van der Waals surface area (Å²) in [5.74, 6) is 7.22. The zero-order valence-electron chi connectivity index (χ0n) is 14.3. The molecule has 0 unspecified atom stereocenters. The molecule has 8 heteroatoms. The largest absolute Gasteiger partial charge is 0.438 e. The first-order chi connectivity index (χ1) is 11.7. The van der Waals surface area contributed by atoms with Gasteiger partial charge in [-0.15, -0.1) is 0 Å². The van der Waals surface area contributed by atoms with Crippen LogP contribution in [0.4, 0.5) is 11.4 Å². The fraction of sp³-hybridized carbons (Fsp3) is 0.294.